The largest absolute Gasteiger partial charge is 0.480 e. The van der Waals surface area contributed by atoms with Crippen LogP contribution < -0.4 is 0 Å². The van der Waals surface area contributed by atoms with Crippen molar-refractivity contribution in [2.24, 2.45) is 17.8 Å². The van der Waals surface area contributed by atoms with E-state index in [9.17, 15) is 14.3 Å². The first kappa shape index (κ1) is 26.3. The normalized spacial score (nSPS) is 24.4. The molecule has 2 aromatic rings. The van der Waals surface area contributed by atoms with E-state index in [2.05, 4.69) is 46.0 Å². The third-order valence-corrected chi connectivity index (χ3v) is 8.95. The fourth-order valence-corrected chi connectivity index (χ4v) is 6.61. The van der Waals surface area contributed by atoms with E-state index in [1.807, 2.05) is 0 Å². The van der Waals surface area contributed by atoms with E-state index in [0.29, 0.717) is 17.8 Å². The van der Waals surface area contributed by atoms with Crippen LogP contribution in [-0.2, 0) is 11.2 Å². The zero-order valence-electron chi connectivity index (χ0n) is 22.2. The van der Waals surface area contributed by atoms with Gasteiger partial charge in [0.05, 0.1) is 6.20 Å². The van der Waals surface area contributed by atoms with Gasteiger partial charge in [-0.05, 0) is 94.0 Å². The minimum absolute atomic E-state index is 0.271. The highest BCUT2D eigenvalue weighted by Crippen LogP contribution is 2.39. The van der Waals surface area contributed by atoms with Crippen molar-refractivity contribution in [1.82, 2.24) is 14.8 Å². The minimum Gasteiger partial charge on any atom is -0.480 e. The lowest BCUT2D eigenvalue weighted by Crippen LogP contribution is -2.41. The number of pyridine rings is 1. The molecule has 5 nitrogen and oxygen atoms in total. The summed E-state index contributed by atoms with van der Waals surface area (Å²) in [6.07, 6.45) is 10.2. The van der Waals surface area contributed by atoms with Crippen molar-refractivity contribution in [3.8, 4) is 0 Å². The van der Waals surface area contributed by atoms with Gasteiger partial charge in [-0.3, -0.25) is 14.7 Å². The predicted molar refractivity (Wildman–Crippen MR) is 144 cm³/mol. The number of aromatic nitrogens is 1. The van der Waals surface area contributed by atoms with Crippen molar-refractivity contribution >= 4 is 5.97 Å². The predicted octanol–water partition coefficient (Wildman–Crippen LogP) is 5.53. The van der Waals surface area contributed by atoms with Crippen LogP contribution >= 0.6 is 0 Å². The highest BCUT2D eigenvalue weighted by Gasteiger charge is 2.42. The van der Waals surface area contributed by atoms with Gasteiger partial charge in [0.25, 0.3) is 0 Å². The molecule has 37 heavy (non-hydrogen) atoms. The molecule has 200 valence electrons. The number of aliphatic carboxylic acids is 1. The third kappa shape index (κ3) is 7.17. The first-order valence-corrected chi connectivity index (χ1v) is 14.3. The second-order valence-corrected chi connectivity index (χ2v) is 11.9. The molecule has 0 radical (unpaired) electrons. The van der Waals surface area contributed by atoms with Crippen molar-refractivity contribution in [3.05, 3.63) is 65.2 Å². The molecule has 3 fully saturated rings. The molecule has 1 aromatic heterocycles. The van der Waals surface area contributed by atoms with Crippen LogP contribution in [-0.4, -0.2) is 64.6 Å². The number of piperidine rings is 1. The highest BCUT2D eigenvalue weighted by molar-refractivity contribution is 5.73. The molecule has 1 saturated carbocycles. The molecule has 0 spiro atoms. The van der Waals surface area contributed by atoms with Gasteiger partial charge in [0.1, 0.15) is 11.9 Å². The molecule has 0 bridgehead atoms. The van der Waals surface area contributed by atoms with Crippen LogP contribution in [0.2, 0.25) is 0 Å². The SMILES string of the molecule is Cc1cccc([C@H]2CN([C@H](CC3CC3)C(=O)O)C[C@@H]2CN2CCC(CCCc3ccc(F)cn3)CC2)c1. The van der Waals surface area contributed by atoms with Gasteiger partial charge in [-0.25, -0.2) is 4.39 Å². The first-order valence-electron chi connectivity index (χ1n) is 14.3. The van der Waals surface area contributed by atoms with E-state index in [1.165, 1.54) is 55.5 Å². The van der Waals surface area contributed by atoms with E-state index in [1.54, 1.807) is 6.07 Å². The fourth-order valence-electron chi connectivity index (χ4n) is 6.61. The van der Waals surface area contributed by atoms with Gasteiger partial charge in [0.15, 0.2) is 0 Å². The fraction of sp³-hybridized carbons (Fsp3) is 0.613. The van der Waals surface area contributed by atoms with Gasteiger partial charge in [0.2, 0.25) is 0 Å². The minimum atomic E-state index is -0.646. The number of halogens is 1. The number of rotatable bonds is 11. The molecular weight excluding hydrogens is 465 g/mol. The molecule has 0 unspecified atom stereocenters. The molecule has 3 aliphatic rings. The lowest BCUT2D eigenvalue weighted by Gasteiger charge is -2.35. The summed E-state index contributed by atoms with van der Waals surface area (Å²) in [5.41, 5.74) is 3.62. The number of benzene rings is 1. The molecule has 3 atom stereocenters. The number of carboxylic acid groups (broad SMARTS) is 1. The Kier molecular flexibility index (Phi) is 8.56. The van der Waals surface area contributed by atoms with Crippen molar-refractivity contribution < 1.29 is 14.3 Å². The van der Waals surface area contributed by atoms with Gasteiger partial charge in [-0.2, -0.15) is 0 Å². The Morgan fingerprint density at radius 3 is 2.59 bits per heavy atom. The summed E-state index contributed by atoms with van der Waals surface area (Å²) in [5, 5.41) is 10.0. The maximum Gasteiger partial charge on any atom is 0.320 e. The maximum absolute atomic E-state index is 13.1. The van der Waals surface area contributed by atoms with Crippen molar-refractivity contribution in [3.63, 3.8) is 0 Å². The van der Waals surface area contributed by atoms with Crippen molar-refractivity contribution in [2.75, 3.05) is 32.7 Å². The quantitative estimate of drug-likeness (QED) is 0.433. The molecule has 5 rings (SSSR count). The standard InChI is InChI=1S/C31H42FN3O2/c1-22-4-2-6-25(16-22)29-21-35(30(31(36)37)17-24-8-9-24)20-26(29)19-34-14-12-23(13-15-34)5-3-7-28-11-10-27(32)18-33-28/h2,4,6,10-11,16,18,23-24,26,29-30H,3,5,7-9,12-15,17,19-21H2,1H3,(H,36,37)/t26-,29+,30+/m0/s1. The van der Waals surface area contributed by atoms with Gasteiger partial charge < -0.3 is 10.0 Å². The Morgan fingerprint density at radius 1 is 1.11 bits per heavy atom. The summed E-state index contributed by atoms with van der Waals surface area (Å²) in [6, 6.07) is 11.8. The summed E-state index contributed by atoms with van der Waals surface area (Å²) < 4.78 is 13.1. The molecule has 2 aliphatic heterocycles. The summed E-state index contributed by atoms with van der Waals surface area (Å²) >= 11 is 0. The Bertz CT molecular complexity index is 1030. The summed E-state index contributed by atoms with van der Waals surface area (Å²) in [5.74, 6) is 1.29. The third-order valence-electron chi connectivity index (χ3n) is 8.95. The topological polar surface area (TPSA) is 56.7 Å². The van der Waals surface area contributed by atoms with Crippen LogP contribution in [0.15, 0.2) is 42.6 Å². The number of hydrogen-bond acceptors (Lipinski definition) is 4. The van der Waals surface area contributed by atoms with Crippen molar-refractivity contribution in [2.45, 2.75) is 70.3 Å². The van der Waals surface area contributed by atoms with Gasteiger partial charge in [0, 0.05) is 31.2 Å². The van der Waals surface area contributed by atoms with Crippen LogP contribution in [0.5, 0.6) is 0 Å². The zero-order valence-corrected chi connectivity index (χ0v) is 22.2. The molecular formula is C31H42FN3O2. The van der Waals surface area contributed by atoms with E-state index in [-0.39, 0.29) is 11.9 Å². The Balaban J connectivity index is 1.16. The van der Waals surface area contributed by atoms with Crippen LogP contribution in [0, 0.1) is 30.5 Å². The average molecular weight is 508 g/mol. The second-order valence-electron chi connectivity index (χ2n) is 11.9. The first-order chi connectivity index (χ1) is 17.9. The molecule has 1 aliphatic carbocycles. The molecule has 2 saturated heterocycles. The summed E-state index contributed by atoms with van der Waals surface area (Å²) in [4.78, 5) is 21.3. The van der Waals surface area contributed by atoms with Crippen LogP contribution in [0.3, 0.4) is 0 Å². The molecule has 3 heterocycles. The maximum atomic E-state index is 13.1. The summed E-state index contributed by atoms with van der Waals surface area (Å²) in [6.45, 7) is 7.19. The molecule has 1 aromatic carbocycles. The molecule has 6 heteroatoms. The number of hydrogen-bond donors (Lipinski definition) is 1. The Hall–Kier alpha value is -2.31. The van der Waals surface area contributed by atoms with Gasteiger partial charge in [-0.1, -0.05) is 42.7 Å². The van der Waals surface area contributed by atoms with Gasteiger partial charge in [-0.15, -0.1) is 0 Å². The lowest BCUT2D eigenvalue weighted by atomic mass is 9.86. The summed E-state index contributed by atoms with van der Waals surface area (Å²) in [7, 11) is 0. The number of likely N-dealkylation sites (tertiary alicyclic amines) is 2. The van der Waals surface area contributed by atoms with Gasteiger partial charge >= 0.3 is 5.97 Å². The average Bonchev–Trinajstić information content (AvgIpc) is 3.62. The van der Waals surface area contributed by atoms with E-state index in [4.69, 9.17) is 0 Å². The number of carbonyl (C=O) groups is 1. The van der Waals surface area contributed by atoms with E-state index in [0.717, 1.165) is 63.6 Å². The van der Waals surface area contributed by atoms with E-state index >= 15 is 0 Å². The number of nitrogens with zero attached hydrogens (tertiary/aromatic N) is 3. The van der Waals surface area contributed by atoms with Crippen LogP contribution in [0.1, 0.15) is 67.7 Å². The van der Waals surface area contributed by atoms with E-state index < -0.39 is 5.97 Å². The number of aryl methyl sites for hydroxylation is 2. The second kappa shape index (κ2) is 12.0. The van der Waals surface area contributed by atoms with Crippen LogP contribution in [0.4, 0.5) is 4.39 Å². The lowest BCUT2D eigenvalue weighted by molar-refractivity contribution is -0.143. The van der Waals surface area contributed by atoms with Crippen LogP contribution in [0.25, 0.3) is 0 Å². The molecule has 0 amide bonds. The number of carboxylic acids is 1. The Morgan fingerprint density at radius 2 is 1.92 bits per heavy atom. The monoisotopic (exact) mass is 507 g/mol. The smallest absolute Gasteiger partial charge is 0.320 e. The van der Waals surface area contributed by atoms with Crippen molar-refractivity contribution in [1.29, 1.82) is 0 Å². The molecule has 1 N–H and O–H groups in total. The highest BCUT2D eigenvalue weighted by atomic mass is 19.1. The Labute approximate surface area is 221 Å². The zero-order chi connectivity index (χ0) is 25.8.